The highest BCUT2D eigenvalue weighted by Crippen LogP contribution is 2.33. The number of para-hydroxylation sites is 1. The second-order valence-electron chi connectivity index (χ2n) is 6.56. The molecule has 0 aliphatic carbocycles. The zero-order chi connectivity index (χ0) is 20.4. The summed E-state index contributed by atoms with van der Waals surface area (Å²) in [6, 6.07) is 19.9. The van der Waals surface area contributed by atoms with Gasteiger partial charge in [0.25, 0.3) is 15.7 Å². The van der Waals surface area contributed by atoms with Crippen molar-refractivity contribution in [1.82, 2.24) is 0 Å². The summed E-state index contributed by atoms with van der Waals surface area (Å²) < 4.78 is 27.5. The number of benzene rings is 3. The van der Waals surface area contributed by atoms with Crippen molar-refractivity contribution < 1.29 is 13.3 Å². The predicted octanol–water partition coefficient (Wildman–Crippen LogP) is 4.10. The first-order valence-electron chi connectivity index (χ1n) is 8.94. The van der Waals surface area contributed by atoms with E-state index in [0.717, 1.165) is 11.3 Å². The summed E-state index contributed by atoms with van der Waals surface area (Å²) >= 11 is 0. The molecule has 7 nitrogen and oxygen atoms in total. The van der Waals surface area contributed by atoms with E-state index in [1.165, 1.54) is 16.4 Å². The van der Waals surface area contributed by atoms with E-state index in [2.05, 4.69) is 4.99 Å². The van der Waals surface area contributed by atoms with Crippen LogP contribution < -0.4 is 4.31 Å². The minimum absolute atomic E-state index is 0.0141. The van der Waals surface area contributed by atoms with Crippen LogP contribution in [0, 0.1) is 10.1 Å². The smallest absolute Gasteiger partial charge is 0.266 e. The Balaban J connectivity index is 1.52. The molecule has 0 saturated carbocycles. The standard InChI is InChI=1S/C21H17N3O4S/c25-24(26)19-9-5-16(6-10-19)15-22-18-7-11-20(12-8-18)29(27,28)23-14-13-17-3-1-2-4-21(17)23/h1-12,15H,13-14H2. The Labute approximate surface area is 168 Å². The molecular weight excluding hydrogens is 390 g/mol. The third-order valence-corrected chi connectivity index (χ3v) is 6.56. The molecule has 1 aliphatic rings. The van der Waals surface area contributed by atoms with Gasteiger partial charge in [-0.25, -0.2) is 8.42 Å². The lowest BCUT2D eigenvalue weighted by molar-refractivity contribution is -0.384. The van der Waals surface area contributed by atoms with Crippen LogP contribution in [0.1, 0.15) is 11.1 Å². The molecule has 0 spiro atoms. The van der Waals surface area contributed by atoms with Crippen LogP contribution >= 0.6 is 0 Å². The molecule has 0 amide bonds. The van der Waals surface area contributed by atoms with E-state index >= 15 is 0 Å². The molecule has 0 N–H and O–H groups in total. The van der Waals surface area contributed by atoms with Crippen LogP contribution in [0.2, 0.25) is 0 Å². The van der Waals surface area contributed by atoms with Gasteiger partial charge < -0.3 is 0 Å². The van der Waals surface area contributed by atoms with Crippen LogP contribution in [0.4, 0.5) is 17.1 Å². The number of aliphatic imine (C=N–C) groups is 1. The van der Waals surface area contributed by atoms with Gasteiger partial charge in [0.1, 0.15) is 0 Å². The van der Waals surface area contributed by atoms with Gasteiger partial charge in [-0.3, -0.25) is 19.4 Å². The van der Waals surface area contributed by atoms with Gasteiger partial charge in [0.05, 0.1) is 21.2 Å². The SMILES string of the molecule is O=[N+]([O-])c1ccc(C=Nc2ccc(S(=O)(=O)N3CCc4ccccc43)cc2)cc1. The molecule has 0 atom stereocenters. The van der Waals surface area contributed by atoms with Crippen LogP contribution in [0.25, 0.3) is 0 Å². The average Bonchev–Trinajstić information content (AvgIpc) is 3.18. The number of nitrogens with zero attached hydrogens (tertiary/aromatic N) is 3. The number of sulfonamides is 1. The first-order chi connectivity index (χ1) is 13.9. The van der Waals surface area contributed by atoms with Crippen molar-refractivity contribution in [2.75, 3.05) is 10.8 Å². The van der Waals surface area contributed by atoms with Gasteiger partial charge in [-0.15, -0.1) is 0 Å². The summed E-state index contributed by atoms with van der Waals surface area (Å²) in [7, 11) is -3.63. The Kier molecular flexibility index (Phi) is 4.85. The maximum Gasteiger partial charge on any atom is 0.269 e. The monoisotopic (exact) mass is 407 g/mol. The summed E-state index contributed by atoms with van der Waals surface area (Å²) in [5.74, 6) is 0. The van der Waals surface area contributed by atoms with Gasteiger partial charge in [0.15, 0.2) is 0 Å². The van der Waals surface area contributed by atoms with Gasteiger partial charge in [0.2, 0.25) is 0 Å². The molecule has 0 fully saturated rings. The molecule has 1 aliphatic heterocycles. The maximum absolute atomic E-state index is 13.0. The molecule has 8 heteroatoms. The molecule has 146 valence electrons. The lowest BCUT2D eigenvalue weighted by atomic mass is 10.2. The Morgan fingerprint density at radius 2 is 1.66 bits per heavy atom. The summed E-state index contributed by atoms with van der Waals surface area (Å²) in [5, 5.41) is 10.7. The van der Waals surface area contributed by atoms with E-state index in [0.29, 0.717) is 24.2 Å². The second kappa shape index (κ2) is 7.48. The molecule has 1 heterocycles. The van der Waals surface area contributed by atoms with Gasteiger partial charge in [-0.05, 0) is 60.0 Å². The van der Waals surface area contributed by atoms with E-state index in [9.17, 15) is 18.5 Å². The zero-order valence-corrected chi connectivity index (χ0v) is 16.1. The predicted molar refractivity (Wildman–Crippen MR) is 111 cm³/mol. The highest BCUT2D eigenvalue weighted by Gasteiger charge is 2.30. The van der Waals surface area contributed by atoms with E-state index in [-0.39, 0.29) is 10.6 Å². The molecule has 3 aromatic carbocycles. The zero-order valence-electron chi connectivity index (χ0n) is 15.3. The van der Waals surface area contributed by atoms with E-state index in [1.807, 2.05) is 24.3 Å². The van der Waals surface area contributed by atoms with Crippen molar-refractivity contribution in [2.24, 2.45) is 4.99 Å². The van der Waals surface area contributed by atoms with Crippen LogP contribution in [-0.4, -0.2) is 26.1 Å². The minimum atomic E-state index is -3.63. The molecule has 29 heavy (non-hydrogen) atoms. The molecule has 0 unspecified atom stereocenters. The number of fused-ring (bicyclic) bond motifs is 1. The van der Waals surface area contributed by atoms with Crippen molar-refractivity contribution >= 4 is 33.3 Å². The van der Waals surface area contributed by atoms with Crippen LogP contribution in [-0.2, 0) is 16.4 Å². The quantitative estimate of drug-likeness (QED) is 0.362. The molecule has 3 aromatic rings. The first-order valence-corrected chi connectivity index (χ1v) is 10.4. The number of nitro groups is 1. The Morgan fingerprint density at radius 1 is 0.966 bits per heavy atom. The van der Waals surface area contributed by atoms with Gasteiger partial charge in [-0.1, -0.05) is 18.2 Å². The van der Waals surface area contributed by atoms with E-state index in [4.69, 9.17) is 0 Å². The molecule has 0 radical (unpaired) electrons. The van der Waals surface area contributed by atoms with E-state index in [1.54, 1.807) is 42.6 Å². The third kappa shape index (κ3) is 3.74. The number of anilines is 1. The van der Waals surface area contributed by atoms with E-state index < -0.39 is 14.9 Å². The normalized spacial score (nSPS) is 13.6. The Bertz CT molecular complexity index is 1190. The van der Waals surface area contributed by atoms with Gasteiger partial charge >= 0.3 is 0 Å². The lowest BCUT2D eigenvalue weighted by Gasteiger charge is -2.19. The molecule has 4 rings (SSSR count). The van der Waals surface area contributed by atoms with Crippen molar-refractivity contribution in [3.8, 4) is 0 Å². The third-order valence-electron chi connectivity index (χ3n) is 4.74. The fourth-order valence-electron chi connectivity index (χ4n) is 3.22. The minimum Gasteiger partial charge on any atom is -0.266 e. The molecule has 0 bridgehead atoms. The number of rotatable bonds is 5. The van der Waals surface area contributed by atoms with Gasteiger partial charge in [-0.2, -0.15) is 0 Å². The summed E-state index contributed by atoms with van der Waals surface area (Å²) in [6.45, 7) is 0.432. The van der Waals surface area contributed by atoms with Crippen molar-refractivity contribution in [1.29, 1.82) is 0 Å². The summed E-state index contributed by atoms with van der Waals surface area (Å²) in [5.41, 5.74) is 3.07. The molecule has 0 aromatic heterocycles. The van der Waals surface area contributed by atoms with Crippen molar-refractivity contribution in [3.05, 3.63) is 94.0 Å². The Morgan fingerprint density at radius 3 is 2.34 bits per heavy atom. The average molecular weight is 407 g/mol. The van der Waals surface area contributed by atoms with Crippen LogP contribution in [0.5, 0.6) is 0 Å². The molecule has 0 saturated heterocycles. The van der Waals surface area contributed by atoms with Gasteiger partial charge in [0, 0.05) is 24.9 Å². The maximum atomic E-state index is 13.0. The first kappa shape index (κ1) is 18.8. The number of hydrogen-bond acceptors (Lipinski definition) is 5. The van der Waals surface area contributed by atoms with Crippen molar-refractivity contribution in [3.63, 3.8) is 0 Å². The fourth-order valence-corrected chi connectivity index (χ4v) is 4.72. The fraction of sp³-hybridized carbons (Fsp3) is 0.0952. The highest BCUT2D eigenvalue weighted by atomic mass is 32.2. The lowest BCUT2D eigenvalue weighted by Crippen LogP contribution is -2.29. The van der Waals surface area contributed by atoms with Crippen LogP contribution in [0.15, 0.2) is 82.7 Å². The summed E-state index contributed by atoms with van der Waals surface area (Å²) in [6.07, 6.45) is 2.27. The second-order valence-corrected chi connectivity index (χ2v) is 8.42. The number of nitro benzene ring substituents is 1. The number of hydrogen-bond donors (Lipinski definition) is 0. The topological polar surface area (TPSA) is 92.9 Å². The molecular formula is C21H17N3O4S. The van der Waals surface area contributed by atoms with Crippen molar-refractivity contribution in [2.45, 2.75) is 11.3 Å². The largest absolute Gasteiger partial charge is 0.269 e. The van der Waals surface area contributed by atoms with Crippen LogP contribution in [0.3, 0.4) is 0 Å². The number of non-ortho nitro benzene ring substituents is 1. The Hall–Kier alpha value is -3.52. The summed E-state index contributed by atoms with van der Waals surface area (Å²) in [4.78, 5) is 14.7. The highest BCUT2D eigenvalue weighted by molar-refractivity contribution is 7.92.